The van der Waals surface area contributed by atoms with Crippen LogP contribution in [0.4, 0.5) is 0 Å². The molecule has 0 saturated heterocycles. The Hall–Kier alpha value is -2.47. The summed E-state index contributed by atoms with van der Waals surface area (Å²) in [5.74, 6) is -0.934. The third-order valence-electron chi connectivity index (χ3n) is 4.46. The van der Waals surface area contributed by atoms with E-state index in [9.17, 15) is 9.59 Å². The van der Waals surface area contributed by atoms with Gasteiger partial charge in [0.2, 0.25) is 0 Å². The van der Waals surface area contributed by atoms with Crippen molar-refractivity contribution in [3.05, 3.63) is 51.4 Å². The largest absolute Gasteiger partial charge is 0.481 e. The fourth-order valence-electron chi connectivity index (χ4n) is 3.00. The summed E-state index contributed by atoms with van der Waals surface area (Å²) in [6.45, 7) is 8.60. The van der Waals surface area contributed by atoms with Crippen LogP contribution in [0.3, 0.4) is 0 Å². The van der Waals surface area contributed by atoms with E-state index in [-0.39, 0.29) is 23.9 Å². The molecule has 3 rings (SSSR count). The third kappa shape index (κ3) is 3.42. The van der Waals surface area contributed by atoms with E-state index in [1.165, 1.54) is 27.8 Å². The Kier molecular flexibility index (Phi) is 4.71. The normalized spacial score (nSPS) is 11.8. The van der Waals surface area contributed by atoms with Gasteiger partial charge in [0, 0.05) is 17.0 Å². The third-order valence-corrected chi connectivity index (χ3v) is 5.47. The summed E-state index contributed by atoms with van der Waals surface area (Å²) in [7, 11) is 0. The lowest BCUT2D eigenvalue weighted by Gasteiger charge is -2.19. The van der Waals surface area contributed by atoms with E-state index in [0.717, 1.165) is 16.0 Å². The molecule has 0 aliphatic carbocycles. The maximum absolute atomic E-state index is 12.9. The Bertz CT molecular complexity index is 1020. The molecule has 2 aromatic heterocycles. The smallest absolute Gasteiger partial charge is 0.305 e. The SMILES string of the molecule is Cc1sc2ncn(CCC(=O)O)c(=O)c2c1-c1ccc(C(C)(C)C)cc1. The summed E-state index contributed by atoms with van der Waals surface area (Å²) >= 11 is 1.49. The highest BCUT2D eigenvalue weighted by molar-refractivity contribution is 7.19. The zero-order valence-electron chi connectivity index (χ0n) is 15.4. The van der Waals surface area contributed by atoms with Crippen LogP contribution in [-0.4, -0.2) is 20.6 Å². The summed E-state index contributed by atoms with van der Waals surface area (Å²) in [4.78, 5) is 29.8. The van der Waals surface area contributed by atoms with E-state index in [1.807, 2.05) is 19.1 Å². The maximum Gasteiger partial charge on any atom is 0.305 e. The molecule has 0 spiro atoms. The molecule has 6 heteroatoms. The van der Waals surface area contributed by atoms with Gasteiger partial charge in [-0.2, -0.15) is 0 Å². The van der Waals surface area contributed by atoms with E-state index < -0.39 is 5.97 Å². The molecule has 0 saturated carbocycles. The highest BCUT2D eigenvalue weighted by atomic mass is 32.1. The van der Waals surface area contributed by atoms with Gasteiger partial charge in [0.25, 0.3) is 5.56 Å². The van der Waals surface area contributed by atoms with Gasteiger partial charge in [0.05, 0.1) is 18.1 Å². The molecule has 0 unspecified atom stereocenters. The van der Waals surface area contributed by atoms with Crippen LogP contribution in [0.1, 0.15) is 37.6 Å². The Morgan fingerprint density at radius 3 is 2.46 bits per heavy atom. The molecule has 0 radical (unpaired) electrons. The van der Waals surface area contributed by atoms with Crippen LogP contribution in [0.2, 0.25) is 0 Å². The van der Waals surface area contributed by atoms with Crippen molar-refractivity contribution in [3.63, 3.8) is 0 Å². The molecule has 2 heterocycles. The number of nitrogens with zero attached hydrogens (tertiary/aromatic N) is 2. The molecule has 1 N–H and O–H groups in total. The van der Waals surface area contributed by atoms with Crippen LogP contribution in [0, 0.1) is 6.92 Å². The molecular formula is C20H22N2O3S. The predicted molar refractivity (Wildman–Crippen MR) is 105 cm³/mol. The highest BCUT2D eigenvalue weighted by Crippen LogP contribution is 2.36. The van der Waals surface area contributed by atoms with Crippen molar-refractivity contribution in [1.82, 2.24) is 9.55 Å². The zero-order valence-corrected chi connectivity index (χ0v) is 16.2. The van der Waals surface area contributed by atoms with Crippen molar-refractivity contribution in [1.29, 1.82) is 0 Å². The van der Waals surface area contributed by atoms with E-state index >= 15 is 0 Å². The number of hydrogen-bond donors (Lipinski definition) is 1. The minimum absolute atomic E-state index is 0.0649. The summed E-state index contributed by atoms with van der Waals surface area (Å²) in [6, 6.07) is 8.28. The van der Waals surface area contributed by atoms with Gasteiger partial charge in [0.15, 0.2) is 0 Å². The Morgan fingerprint density at radius 1 is 1.23 bits per heavy atom. The van der Waals surface area contributed by atoms with Crippen LogP contribution in [0.5, 0.6) is 0 Å². The Morgan fingerprint density at radius 2 is 1.88 bits per heavy atom. The van der Waals surface area contributed by atoms with Crippen molar-refractivity contribution >= 4 is 27.5 Å². The van der Waals surface area contributed by atoms with Crippen LogP contribution >= 0.6 is 11.3 Å². The lowest BCUT2D eigenvalue weighted by atomic mass is 9.86. The minimum Gasteiger partial charge on any atom is -0.481 e. The standard InChI is InChI=1S/C20H22N2O3S/c1-12-16(13-5-7-14(8-6-13)20(2,3)4)17-18(26-12)21-11-22(19(17)25)10-9-15(23)24/h5-8,11H,9-10H2,1-4H3,(H,23,24). The van der Waals surface area contributed by atoms with Gasteiger partial charge in [-0.3, -0.25) is 14.2 Å². The molecule has 26 heavy (non-hydrogen) atoms. The number of carboxylic acids is 1. The van der Waals surface area contributed by atoms with Gasteiger partial charge in [-0.15, -0.1) is 11.3 Å². The number of hydrogen-bond acceptors (Lipinski definition) is 4. The number of aryl methyl sites for hydroxylation is 2. The van der Waals surface area contributed by atoms with Gasteiger partial charge < -0.3 is 5.11 Å². The van der Waals surface area contributed by atoms with Gasteiger partial charge >= 0.3 is 5.97 Å². The monoisotopic (exact) mass is 370 g/mol. The number of aromatic nitrogens is 2. The first-order valence-electron chi connectivity index (χ1n) is 8.49. The number of fused-ring (bicyclic) bond motifs is 1. The van der Waals surface area contributed by atoms with Crippen LogP contribution in [0.15, 0.2) is 35.4 Å². The molecule has 3 aromatic rings. The Balaban J connectivity index is 2.13. The fraction of sp³-hybridized carbons (Fsp3) is 0.350. The average Bonchev–Trinajstić information content (AvgIpc) is 2.90. The lowest BCUT2D eigenvalue weighted by molar-refractivity contribution is -0.137. The predicted octanol–water partition coefficient (Wildman–Crippen LogP) is 4.21. The highest BCUT2D eigenvalue weighted by Gasteiger charge is 2.18. The molecule has 0 fully saturated rings. The van der Waals surface area contributed by atoms with E-state index in [1.54, 1.807) is 0 Å². The van der Waals surface area contributed by atoms with Crippen LogP contribution in [-0.2, 0) is 16.8 Å². The number of aliphatic carboxylic acids is 1. The first-order valence-corrected chi connectivity index (χ1v) is 9.31. The first kappa shape index (κ1) is 18.3. The van der Waals surface area contributed by atoms with Crippen LogP contribution in [0.25, 0.3) is 21.3 Å². The first-order chi connectivity index (χ1) is 12.2. The van der Waals surface area contributed by atoms with Gasteiger partial charge in [-0.1, -0.05) is 45.0 Å². The van der Waals surface area contributed by atoms with Gasteiger partial charge in [0.1, 0.15) is 4.83 Å². The number of carbonyl (C=O) groups is 1. The molecule has 0 aliphatic heterocycles. The number of benzene rings is 1. The molecule has 0 atom stereocenters. The zero-order chi connectivity index (χ0) is 19.1. The summed E-state index contributed by atoms with van der Waals surface area (Å²) in [5, 5.41) is 9.45. The summed E-state index contributed by atoms with van der Waals surface area (Å²) in [5.41, 5.74) is 2.99. The molecule has 0 aliphatic rings. The molecular weight excluding hydrogens is 348 g/mol. The van der Waals surface area contributed by atoms with Crippen LogP contribution < -0.4 is 5.56 Å². The Labute approximate surface area is 155 Å². The van der Waals surface area contributed by atoms with Crippen molar-refractivity contribution in [2.75, 3.05) is 0 Å². The fourth-order valence-corrected chi connectivity index (χ4v) is 4.00. The van der Waals surface area contributed by atoms with E-state index in [4.69, 9.17) is 5.11 Å². The molecule has 0 bridgehead atoms. The second kappa shape index (κ2) is 6.68. The summed E-state index contributed by atoms with van der Waals surface area (Å²) in [6.07, 6.45) is 1.34. The molecule has 1 aromatic carbocycles. The topological polar surface area (TPSA) is 72.2 Å². The number of carboxylic acid groups (broad SMARTS) is 1. The average molecular weight is 370 g/mol. The summed E-state index contributed by atoms with van der Waals surface area (Å²) < 4.78 is 1.38. The van der Waals surface area contributed by atoms with E-state index in [0.29, 0.717) is 10.2 Å². The molecule has 0 amide bonds. The van der Waals surface area contributed by atoms with Crippen molar-refractivity contribution < 1.29 is 9.90 Å². The maximum atomic E-state index is 12.9. The van der Waals surface area contributed by atoms with Crippen molar-refractivity contribution in [3.8, 4) is 11.1 Å². The van der Waals surface area contributed by atoms with Crippen molar-refractivity contribution in [2.24, 2.45) is 0 Å². The molecule has 5 nitrogen and oxygen atoms in total. The molecule has 136 valence electrons. The second-order valence-electron chi connectivity index (χ2n) is 7.43. The minimum atomic E-state index is -0.934. The number of rotatable bonds is 4. The van der Waals surface area contributed by atoms with Crippen molar-refractivity contribution in [2.45, 2.75) is 46.1 Å². The quantitative estimate of drug-likeness (QED) is 0.747. The van der Waals surface area contributed by atoms with Gasteiger partial charge in [-0.05, 0) is 23.5 Å². The lowest BCUT2D eigenvalue weighted by Crippen LogP contribution is -2.21. The van der Waals surface area contributed by atoms with E-state index in [2.05, 4.69) is 37.9 Å². The second-order valence-corrected chi connectivity index (χ2v) is 8.63. The number of thiophene rings is 1. The van der Waals surface area contributed by atoms with Gasteiger partial charge in [-0.25, -0.2) is 4.98 Å².